The number of hydrogen-bond donors (Lipinski definition) is 0. The number of nitrogens with zero attached hydrogens (tertiary/aromatic N) is 2. The van der Waals surface area contributed by atoms with Gasteiger partial charge in [-0.15, -0.1) is 0 Å². The molecular weight excluding hydrogens is 296 g/mol. The molecule has 1 aromatic heterocycles. The first-order valence-electron chi connectivity index (χ1n) is 8.06. The Morgan fingerprint density at radius 2 is 2.22 bits per heavy atom. The van der Waals surface area contributed by atoms with Crippen LogP contribution < -0.4 is 0 Å². The van der Waals surface area contributed by atoms with Gasteiger partial charge < -0.3 is 19.1 Å². The van der Waals surface area contributed by atoms with Crippen LogP contribution in [0.1, 0.15) is 32.9 Å². The lowest BCUT2D eigenvalue weighted by molar-refractivity contribution is -0.232. The van der Waals surface area contributed by atoms with Crippen LogP contribution in [-0.4, -0.2) is 54.0 Å². The van der Waals surface area contributed by atoms with Crippen LogP contribution in [0, 0.1) is 0 Å². The van der Waals surface area contributed by atoms with Gasteiger partial charge in [0.1, 0.15) is 17.3 Å². The third-order valence-corrected chi connectivity index (χ3v) is 4.17. The van der Waals surface area contributed by atoms with Crippen molar-refractivity contribution in [1.29, 1.82) is 0 Å². The average molecular weight is 320 g/mol. The van der Waals surface area contributed by atoms with Crippen molar-refractivity contribution in [3.63, 3.8) is 0 Å². The van der Waals surface area contributed by atoms with Crippen LogP contribution in [-0.2, 0) is 19.8 Å². The van der Waals surface area contributed by atoms with Crippen molar-refractivity contribution in [2.24, 2.45) is 0 Å². The summed E-state index contributed by atoms with van der Waals surface area (Å²) in [4.78, 5) is 18.5. The zero-order valence-electron chi connectivity index (χ0n) is 13.9. The molecule has 2 atom stereocenters. The smallest absolute Gasteiger partial charge is 0.410 e. The van der Waals surface area contributed by atoms with Gasteiger partial charge in [-0.1, -0.05) is 6.07 Å². The highest BCUT2D eigenvalue weighted by molar-refractivity contribution is 5.68. The summed E-state index contributed by atoms with van der Waals surface area (Å²) in [6, 6.07) is 5.80. The molecule has 126 valence electrons. The fraction of sp³-hybridized carbons (Fsp3) is 0.647. The van der Waals surface area contributed by atoms with Crippen LogP contribution in [0.5, 0.6) is 0 Å². The Hall–Kier alpha value is -1.66. The molecule has 0 unspecified atom stereocenters. The quantitative estimate of drug-likeness (QED) is 0.795. The number of piperidine rings is 1. The van der Waals surface area contributed by atoms with E-state index < -0.39 is 11.2 Å². The number of hydrogen-bond acceptors (Lipinski definition) is 5. The van der Waals surface area contributed by atoms with E-state index in [2.05, 4.69) is 4.98 Å². The van der Waals surface area contributed by atoms with Gasteiger partial charge in [-0.3, -0.25) is 4.98 Å². The van der Waals surface area contributed by atoms with E-state index in [1.54, 1.807) is 11.1 Å². The molecule has 2 fully saturated rings. The van der Waals surface area contributed by atoms with Crippen LogP contribution in [0.25, 0.3) is 0 Å². The second-order valence-electron chi connectivity index (χ2n) is 6.99. The molecule has 6 nitrogen and oxygen atoms in total. The van der Waals surface area contributed by atoms with E-state index >= 15 is 0 Å². The lowest BCUT2D eigenvalue weighted by atomic mass is 9.84. The van der Waals surface area contributed by atoms with Crippen LogP contribution in [0.3, 0.4) is 0 Å². The van der Waals surface area contributed by atoms with E-state index in [0.717, 1.165) is 5.69 Å². The monoisotopic (exact) mass is 320 g/mol. The number of carbonyl (C=O) groups excluding carboxylic acids is 1. The summed E-state index contributed by atoms with van der Waals surface area (Å²) in [5, 5.41) is 0. The van der Waals surface area contributed by atoms with Crippen LogP contribution in [0.4, 0.5) is 4.79 Å². The second-order valence-corrected chi connectivity index (χ2v) is 6.99. The molecule has 0 saturated carbocycles. The lowest BCUT2D eigenvalue weighted by Gasteiger charge is -2.49. The number of carbonyl (C=O) groups is 1. The predicted octanol–water partition coefficient (Wildman–Crippen LogP) is 2.33. The van der Waals surface area contributed by atoms with E-state index in [1.807, 2.05) is 39.0 Å². The molecule has 0 spiro atoms. The van der Waals surface area contributed by atoms with Gasteiger partial charge in [0, 0.05) is 19.2 Å². The first-order valence-corrected chi connectivity index (χ1v) is 8.06. The summed E-state index contributed by atoms with van der Waals surface area (Å²) in [6.07, 6.45) is 1.88. The van der Waals surface area contributed by atoms with E-state index in [1.165, 1.54) is 0 Å². The Morgan fingerprint density at radius 3 is 2.91 bits per heavy atom. The van der Waals surface area contributed by atoms with E-state index in [4.69, 9.17) is 14.2 Å². The maximum absolute atomic E-state index is 12.3. The summed E-state index contributed by atoms with van der Waals surface area (Å²) >= 11 is 0. The third-order valence-electron chi connectivity index (χ3n) is 4.17. The Kier molecular flexibility index (Phi) is 4.29. The molecule has 0 N–H and O–H groups in total. The normalized spacial score (nSPS) is 28.1. The summed E-state index contributed by atoms with van der Waals surface area (Å²) in [7, 11) is 0. The molecule has 3 heterocycles. The lowest BCUT2D eigenvalue weighted by Crippen LogP contribution is -2.60. The van der Waals surface area contributed by atoms with Gasteiger partial charge >= 0.3 is 6.09 Å². The summed E-state index contributed by atoms with van der Waals surface area (Å²) in [5.41, 5.74) is -0.206. The maximum atomic E-state index is 12.3. The predicted molar refractivity (Wildman–Crippen MR) is 84.0 cm³/mol. The zero-order chi connectivity index (χ0) is 16.5. The van der Waals surface area contributed by atoms with Gasteiger partial charge in [-0.2, -0.15) is 0 Å². The highest BCUT2D eigenvalue weighted by Gasteiger charge is 2.50. The number of likely N-dealkylation sites (tertiary alicyclic amines) is 1. The van der Waals surface area contributed by atoms with Crippen molar-refractivity contribution in [1.82, 2.24) is 9.88 Å². The molecule has 23 heavy (non-hydrogen) atoms. The van der Waals surface area contributed by atoms with Gasteiger partial charge in [0.05, 0.1) is 25.5 Å². The number of ether oxygens (including phenoxy) is 3. The zero-order valence-corrected chi connectivity index (χ0v) is 13.9. The molecule has 1 aromatic rings. The average Bonchev–Trinajstić information content (AvgIpc) is 2.53. The minimum atomic E-state index is -0.571. The molecule has 0 aliphatic carbocycles. The second kappa shape index (κ2) is 6.09. The number of aromatic nitrogens is 1. The van der Waals surface area contributed by atoms with Crippen molar-refractivity contribution in [3.8, 4) is 0 Å². The molecule has 2 aliphatic rings. The number of amides is 1. The standard InChI is InChI=1S/C17H24N2O4/c1-16(2,3)23-15(20)19-9-7-17(13-6-4-5-8-18-13)14(12-19)21-10-11-22-17/h4-6,8,14H,7,9-12H2,1-3H3/t14-,17-/m1/s1. The summed E-state index contributed by atoms with van der Waals surface area (Å²) in [5.74, 6) is 0. The minimum absolute atomic E-state index is 0.229. The largest absolute Gasteiger partial charge is 0.444 e. The molecule has 0 aromatic carbocycles. The Bertz CT molecular complexity index is 557. The van der Waals surface area contributed by atoms with E-state index in [9.17, 15) is 4.79 Å². The molecule has 0 bridgehead atoms. The first-order chi connectivity index (χ1) is 10.9. The van der Waals surface area contributed by atoms with Crippen molar-refractivity contribution < 1.29 is 19.0 Å². The van der Waals surface area contributed by atoms with Gasteiger partial charge in [0.15, 0.2) is 0 Å². The highest BCUT2D eigenvalue weighted by atomic mass is 16.6. The van der Waals surface area contributed by atoms with Crippen LogP contribution in [0.15, 0.2) is 24.4 Å². The van der Waals surface area contributed by atoms with Gasteiger partial charge in [-0.25, -0.2) is 4.79 Å². The minimum Gasteiger partial charge on any atom is -0.444 e. The number of rotatable bonds is 1. The molecule has 6 heteroatoms. The van der Waals surface area contributed by atoms with Crippen molar-refractivity contribution in [2.45, 2.75) is 44.5 Å². The summed E-state index contributed by atoms with van der Waals surface area (Å²) in [6.45, 7) is 7.69. The van der Waals surface area contributed by atoms with Crippen LogP contribution in [0.2, 0.25) is 0 Å². The molecule has 3 rings (SSSR count). The Labute approximate surface area is 136 Å². The Morgan fingerprint density at radius 1 is 1.39 bits per heavy atom. The molecule has 2 saturated heterocycles. The number of fused-ring (bicyclic) bond motifs is 1. The topological polar surface area (TPSA) is 60.9 Å². The summed E-state index contributed by atoms with van der Waals surface area (Å²) < 4.78 is 17.5. The number of pyridine rings is 1. The van der Waals surface area contributed by atoms with Crippen molar-refractivity contribution in [2.75, 3.05) is 26.3 Å². The fourth-order valence-corrected chi connectivity index (χ4v) is 3.14. The Balaban J connectivity index is 1.78. The van der Waals surface area contributed by atoms with E-state index in [-0.39, 0.29) is 12.2 Å². The molecule has 2 aliphatic heterocycles. The van der Waals surface area contributed by atoms with Crippen LogP contribution >= 0.6 is 0 Å². The molecular formula is C17H24N2O4. The van der Waals surface area contributed by atoms with Gasteiger partial charge in [0.25, 0.3) is 0 Å². The maximum Gasteiger partial charge on any atom is 0.410 e. The first kappa shape index (κ1) is 16.2. The SMILES string of the molecule is CC(C)(C)OC(=O)N1CC[C@]2(c3ccccn3)OCCO[C@@H]2C1. The highest BCUT2D eigenvalue weighted by Crippen LogP contribution is 2.39. The van der Waals surface area contributed by atoms with Crippen molar-refractivity contribution >= 4 is 6.09 Å². The van der Waals surface area contributed by atoms with Gasteiger partial charge in [-0.05, 0) is 32.9 Å². The van der Waals surface area contributed by atoms with E-state index in [0.29, 0.717) is 32.7 Å². The fourth-order valence-electron chi connectivity index (χ4n) is 3.14. The van der Waals surface area contributed by atoms with Crippen molar-refractivity contribution in [3.05, 3.63) is 30.1 Å². The third kappa shape index (κ3) is 3.33. The van der Waals surface area contributed by atoms with Gasteiger partial charge in [0.2, 0.25) is 0 Å². The molecule has 0 radical (unpaired) electrons. The molecule has 1 amide bonds.